The maximum Gasteiger partial charge on any atom is 0.267 e. The van der Waals surface area contributed by atoms with Gasteiger partial charge in [-0.15, -0.1) is 0 Å². The molecule has 0 bridgehead atoms. The van der Waals surface area contributed by atoms with Crippen LogP contribution in [0.1, 0.15) is 5.56 Å². The Labute approximate surface area is 194 Å². The largest absolute Gasteiger partial charge is 0.493 e. The molecule has 172 valence electrons. The van der Waals surface area contributed by atoms with Gasteiger partial charge in [0.2, 0.25) is 5.43 Å². The standard InChI is InChI=1S/C26H23N3O5/c1-28-18-8-5-4-7-17(18)23(30)22-25(28)27-24(20-9-6-14-34-20)29(26(22)31)13-12-16-10-11-19(32-2)21(15-16)33-3/h4-11,14-15H,12-13H2,1-3H3. The van der Waals surface area contributed by atoms with E-state index in [-0.39, 0.29) is 10.8 Å². The van der Waals surface area contributed by atoms with E-state index in [1.54, 1.807) is 50.1 Å². The molecule has 0 fully saturated rings. The first kappa shape index (κ1) is 21.5. The molecule has 8 nitrogen and oxygen atoms in total. The Balaban J connectivity index is 1.70. The number of aromatic nitrogens is 3. The third kappa shape index (κ3) is 3.44. The lowest BCUT2D eigenvalue weighted by molar-refractivity contribution is 0.354. The van der Waals surface area contributed by atoms with Gasteiger partial charge in [-0.05, 0) is 48.4 Å². The number of rotatable bonds is 6. The number of para-hydroxylation sites is 1. The predicted octanol–water partition coefficient (Wildman–Crippen LogP) is 3.77. The van der Waals surface area contributed by atoms with Crippen molar-refractivity contribution in [1.29, 1.82) is 0 Å². The number of aryl methyl sites for hydroxylation is 2. The van der Waals surface area contributed by atoms with Crippen molar-refractivity contribution in [3.63, 3.8) is 0 Å². The molecule has 0 atom stereocenters. The van der Waals surface area contributed by atoms with Crippen molar-refractivity contribution in [2.45, 2.75) is 13.0 Å². The van der Waals surface area contributed by atoms with Gasteiger partial charge in [0.15, 0.2) is 28.7 Å². The number of benzene rings is 2. The molecule has 3 aromatic heterocycles. The quantitative estimate of drug-likeness (QED) is 0.361. The maximum absolute atomic E-state index is 13.7. The number of pyridine rings is 1. The van der Waals surface area contributed by atoms with E-state index in [4.69, 9.17) is 18.9 Å². The number of ether oxygens (including phenoxy) is 2. The molecule has 0 saturated heterocycles. The van der Waals surface area contributed by atoms with Crippen molar-refractivity contribution in [2.75, 3.05) is 14.2 Å². The summed E-state index contributed by atoms with van der Waals surface area (Å²) >= 11 is 0. The lowest BCUT2D eigenvalue weighted by Gasteiger charge is -2.15. The number of hydrogen-bond donors (Lipinski definition) is 0. The molecule has 8 heteroatoms. The summed E-state index contributed by atoms with van der Waals surface area (Å²) in [5, 5.41) is 0.539. The van der Waals surface area contributed by atoms with E-state index in [1.165, 1.54) is 10.8 Å². The molecule has 3 heterocycles. The number of furan rings is 1. The van der Waals surface area contributed by atoms with Crippen molar-refractivity contribution < 1.29 is 13.9 Å². The zero-order chi connectivity index (χ0) is 23.8. The topological polar surface area (TPSA) is 88.5 Å². The molecular formula is C26H23N3O5. The summed E-state index contributed by atoms with van der Waals surface area (Å²) in [7, 11) is 4.96. The van der Waals surface area contributed by atoms with Gasteiger partial charge < -0.3 is 18.5 Å². The monoisotopic (exact) mass is 457 g/mol. The number of fused-ring (bicyclic) bond motifs is 2. The van der Waals surface area contributed by atoms with E-state index in [2.05, 4.69) is 0 Å². The molecule has 0 aliphatic heterocycles. The molecule has 0 saturated carbocycles. The van der Waals surface area contributed by atoms with Gasteiger partial charge >= 0.3 is 0 Å². The zero-order valence-electron chi connectivity index (χ0n) is 19.1. The fourth-order valence-corrected chi connectivity index (χ4v) is 4.27. The Morgan fingerprint density at radius 2 is 1.76 bits per heavy atom. The van der Waals surface area contributed by atoms with Crippen molar-refractivity contribution in [2.24, 2.45) is 7.05 Å². The van der Waals surface area contributed by atoms with Crippen LogP contribution in [-0.2, 0) is 20.0 Å². The van der Waals surface area contributed by atoms with Crippen molar-refractivity contribution in [3.05, 3.63) is 87.0 Å². The van der Waals surface area contributed by atoms with Crippen LogP contribution in [0.25, 0.3) is 33.5 Å². The van der Waals surface area contributed by atoms with Crippen LogP contribution >= 0.6 is 0 Å². The molecule has 5 rings (SSSR count). The SMILES string of the molecule is COc1ccc(CCn2c(-c3ccco3)nc3c(c(=O)c4ccccc4n3C)c2=O)cc1OC. The highest BCUT2D eigenvalue weighted by Crippen LogP contribution is 2.28. The van der Waals surface area contributed by atoms with Crippen LogP contribution in [0.4, 0.5) is 0 Å². The van der Waals surface area contributed by atoms with Crippen molar-refractivity contribution in [1.82, 2.24) is 14.1 Å². The lowest BCUT2D eigenvalue weighted by atomic mass is 10.1. The molecular weight excluding hydrogens is 434 g/mol. The van der Waals surface area contributed by atoms with E-state index in [0.717, 1.165) is 5.56 Å². The highest BCUT2D eigenvalue weighted by Gasteiger charge is 2.20. The van der Waals surface area contributed by atoms with Crippen LogP contribution < -0.4 is 20.5 Å². The third-order valence-corrected chi connectivity index (χ3v) is 6.02. The summed E-state index contributed by atoms with van der Waals surface area (Å²) in [5.74, 6) is 2.05. The second-order valence-electron chi connectivity index (χ2n) is 7.91. The summed E-state index contributed by atoms with van der Waals surface area (Å²) in [6.45, 7) is 0.295. The average Bonchev–Trinajstić information content (AvgIpc) is 3.41. The Bertz CT molecular complexity index is 1630. The first-order valence-electron chi connectivity index (χ1n) is 10.8. The Kier molecular flexibility index (Phi) is 5.41. The second-order valence-corrected chi connectivity index (χ2v) is 7.91. The van der Waals surface area contributed by atoms with Crippen molar-refractivity contribution >= 4 is 21.9 Å². The van der Waals surface area contributed by atoms with Crippen LogP contribution in [0.5, 0.6) is 11.5 Å². The summed E-state index contributed by atoms with van der Waals surface area (Å²) in [6.07, 6.45) is 2.04. The number of methoxy groups -OCH3 is 2. The van der Waals surface area contributed by atoms with Crippen LogP contribution in [0.15, 0.2) is 74.9 Å². The predicted molar refractivity (Wildman–Crippen MR) is 130 cm³/mol. The van der Waals surface area contributed by atoms with Gasteiger partial charge in [0.05, 0.1) is 26.0 Å². The van der Waals surface area contributed by atoms with E-state index >= 15 is 0 Å². The molecule has 34 heavy (non-hydrogen) atoms. The van der Waals surface area contributed by atoms with Gasteiger partial charge in [-0.2, -0.15) is 0 Å². The third-order valence-electron chi connectivity index (χ3n) is 6.02. The van der Waals surface area contributed by atoms with Crippen LogP contribution in [0.3, 0.4) is 0 Å². The summed E-state index contributed by atoms with van der Waals surface area (Å²) in [6, 6.07) is 16.3. The fourth-order valence-electron chi connectivity index (χ4n) is 4.27. The first-order valence-corrected chi connectivity index (χ1v) is 10.8. The van der Waals surface area contributed by atoms with Crippen LogP contribution in [-0.4, -0.2) is 28.3 Å². The van der Waals surface area contributed by atoms with Gasteiger partial charge in [0.1, 0.15) is 5.39 Å². The zero-order valence-corrected chi connectivity index (χ0v) is 19.1. The highest BCUT2D eigenvalue weighted by atomic mass is 16.5. The highest BCUT2D eigenvalue weighted by molar-refractivity contribution is 5.91. The summed E-state index contributed by atoms with van der Waals surface area (Å²) < 4.78 is 19.6. The van der Waals surface area contributed by atoms with E-state index in [1.807, 2.05) is 30.3 Å². The maximum atomic E-state index is 13.7. The van der Waals surface area contributed by atoms with Gasteiger partial charge in [0, 0.05) is 19.0 Å². The van der Waals surface area contributed by atoms with Crippen molar-refractivity contribution in [3.8, 4) is 23.1 Å². The smallest absolute Gasteiger partial charge is 0.267 e. The average molecular weight is 457 g/mol. The van der Waals surface area contributed by atoms with Crippen LogP contribution in [0.2, 0.25) is 0 Å². The van der Waals surface area contributed by atoms with E-state index < -0.39 is 5.56 Å². The Morgan fingerprint density at radius 1 is 0.971 bits per heavy atom. The normalized spacial score (nSPS) is 11.3. The van der Waals surface area contributed by atoms with Gasteiger partial charge in [-0.3, -0.25) is 14.2 Å². The van der Waals surface area contributed by atoms with Crippen LogP contribution in [0, 0.1) is 0 Å². The fraction of sp³-hybridized carbons (Fsp3) is 0.192. The second kappa shape index (κ2) is 8.55. The minimum Gasteiger partial charge on any atom is -0.493 e. The Hall–Kier alpha value is -4.33. The van der Waals surface area contributed by atoms with E-state index in [0.29, 0.717) is 52.6 Å². The minimum atomic E-state index is -0.400. The molecule has 0 aliphatic carbocycles. The summed E-state index contributed by atoms with van der Waals surface area (Å²) in [5.41, 5.74) is 1.25. The molecule has 0 spiro atoms. The molecule has 0 amide bonds. The molecule has 2 aromatic carbocycles. The molecule has 0 N–H and O–H groups in total. The molecule has 0 unspecified atom stereocenters. The van der Waals surface area contributed by atoms with Gasteiger partial charge in [0.25, 0.3) is 5.56 Å². The Morgan fingerprint density at radius 3 is 2.50 bits per heavy atom. The first-order chi connectivity index (χ1) is 16.5. The molecule has 0 radical (unpaired) electrons. The van der Waals surface area contributed by atoms with Gasteiger partial charge in [-0.1, -0.05) is 18.2 Å². The molecule has 0 aliphatic rings. The lowest BCUT2D eigenvalue weighted by Crippen LogP contribution is -2.29. The molecule has 5 aromatic rings. The minimum absolute atomic E-state index is 0.0591. The van der Waals surface area contributed by atoms with E-state index in [9.17, 15) is 9.59 Å². The number of nitrogens with zero attached hydrogens (tertiary/aromatic N) is 3. The summed E-state index contributed by atoms with van der Waals surface area (Å²) in [4.78, 5) is 31.8. The number of hydrogen-bond acceptors (Lipinski definition) is 6. The van der Waals surface area contributed by atoms with Gasteiger partial charge in [-0.25, -0.2) is 4.98 Å².